The molecule has 9 aromatic carbocycles. The van der Waals surface area contributed by atoms with E-state index in [4.69, 9.17) is 19.4 Å². The molecular formula is C64H45BN2O3. The third kappa shape index (κ3) is 5.34. The number of furan rings is 1. The summed E-state index contributed by atoms with van der Waals surface area (Å²) in [7, 11) is 0. The van der Waals surface area contributed by atoms with Crippen LogP contribution in [0.4, 0.5) is 0 Å². The number of rotatable bonds is 4. The second-order valence-electron chi connectivity index (χ2n) is 18.8. The molecule has 0 spiro atoms. The topological polar surface area (TPSA) is 41.5 Å². The Labute approximate surface area is 416 Å². The van der Waals surface area contributed by atoms with E-state index in [1.807, 2.05) is 72.8 Å². The third-order valence-electron chi connectivity index (χ3n) is 15.1. The van der Waals surface area contributed by atoms with Gasteiger partial charge in [-0.25, -0.2) is 0 Å². The maximum absolute atomic E-state index is 9.45. The van der Waals surface area contributed by atoms with Crippen LogP contribution in [-0.2, 0) is 25.5 Å². The second-order valence-corrected chi connectivity index (χ2v) is 18.8. The minimum atomic E-state index is -1.84. The third-order valence-corrected chi connectivity index (χ3v) is 15.1. The van der Waals surface area contributed by atoms with Crippen LogP contribution in [-0.4, -0.2) is 15.8 Å². The van der Waals surface area contributed by atoms with E-state index in [1.54, 1.807) is 12.1 Å². The van der Waals surface area contributed by atoms with E-state index in [1.165, 1.54) is 0 Å². The van der Waals surface area contributed by atoms with Crippen molar-refractivity contribution in [2.24, 2.45) is 0 Å². The van der Waals surface area contributed by atoms with Gasteiger partial charge in [0.05, 0.1) is 38.8 Å². The van der Waals surface area contributed by atoms with Crippen LogP contribution in [0.25, 0.3) is 88.2 Å². The molecular weight excluding hydrogens is 856 g/mol. The Balaban J connectivity index is 1.04. The molecule has 70 heavy (non-hydrogen) atoms. The number of aromatic nitrogens is 2. The lowest BCUT2D eigenvalue weighted by Crippen LogP contribution is -2.57. The quantitative estimate of drug-likeness (QED) is 0.165. The van der Waals surface area contributed by atoms with Gasteiger partial charge in [-0.1, -0.05) is 133 Å². The molecule has 0 N–H and O–H groups in total. The minimum absolute atomic E-state index is 0.0172. The number of hydrogen-bond donors (Lipinski definition) is 0. The van der Waals surface area contributed by atoms with Crippen LogP contribution in [0, 0.1) is 0 Å². The summed E-state index contributed by atoms with van der Waals surface area (Å²) in [5, 5.41) is 4.92. The predicted molar refractivity (Wildman–Crippen MR) is 287 cm³/mol. The van der Waals surface area contributed by atoms with Crippen LogP contribution < -0.4 is 26.1 Å². The van der Waals surface area contributed by atoms with Gasteiger partial charge in [-0.15, -0.1) is 0 Å². The Morgan fingerprint density at radius 3 is 1.51 bits per heavy atom. The molecule has 332 valence electrons. The smallest absolute Gasteiger partial charge is 0.305 e. The molecule has 16 rings (SSSR count). The number of fused-ring (bicyclic) bond motifs is 14. The normalized spacial score (nSPS) is 19.2. The van der Waals surface area contributed by atoms with Gasteiger partial charge in [0.1, 0.15) is 17.0 Å². The van der Waals surface area contributed by atoms with Crippen LogP contribution in [0.1, 0.15) is 58.9 Å². The van der Waals surface area contributed by atoms with Gasteiger partial charge in [-0.05, 0) is 138 Å². The van der Waals surface area contributed by atoms with Crippen LogP contribution >= 0.6 is 0 Å². The van der Waals surface area contributed by atoms with Gasteiger partial charge in [0.25, 0.3) is 0 Å². The summed E-state index contributed by atoms with van der Waals surface area (Å²) >= 11 is 0. The lowest BCUT2D eigenvalue weighted by atomic mass is 9.36. The van der Waals surface area contributed by atoms with Gasteiger partial charge in [-0.3, -0.25) is 0 Å². The number of ether oxygens (including phenoxy) is 2. The van der Waals surface area contributed by atoms with E-state index in [-0.39, 0.29) is 25.7 Å². The molecule has 0 amide bonds. The highest BCUT2D eigenvalue weighted by atomic mass is 16.5. The maximum Gasteiger partial charge on any atom is 0.305 e. The summed E-state index contributed by atoms with van der Waals surface area (Å²) in [6.07, 6.45) is -6.87. The second kappa shape index (κ2) is 14.6. The SMILES string of the molecule is [2H]C1([2H])CCC([2H])([2H])c2c(-c3ccc4oc5c(c4c3)Oc3c(-n4c6ccccc6c6ccccc64)cc(-n4c6ccccc6c6ccccc64)c4c3B5c3cccc(-c5cccc6c5C([2H])([2H])CCC6([2H])[2H])c3O4)cccc21. The van der Waals surface area contributed by atoms with E-state index in [0.29, 0.717) is 84.1 Å². The summed E-state index contributed by atoms with van der Waals surface area (Å²) < 4.78 is 100. The molecule has 0 unspecified atom stereocenters. The fraction of sp³-hybridized carbons (Fsp3) is 0.125. The Kier molecular flexibility index (Phi) is 6.65. The number of hydrogen-bond acceptors (Lipinski definition) is 3. The summed E-state index contributed by atoms with van der Waals surface area (Å²) in [6.45, 7) is -0.674. The first-order chi connectivity index (χ1) is 37.7. The summed E-state index contributed by atoms with van der Waals surface area (Å²) in [4.78, 5) is 0. The van der Waals surface area contributed by atoms with Gasteiger partial charge in [-0.2, -0.15) is 0 Å². The Hall–Kier alpha value is -8.22. The first kappa shape index (κ1) is 31.8. The zero-order valence-corrected chi connectivity index (χ0v) is 37.8. The summed E-state index contributed by atoms with van der Waals surface area (Å²) in [5.74, 6) is 2.04. The van der Waals surface area contributed by atoms with Crippen molar-refractivity contribution in [2.45, 2.75) is 51.2 Å². The van der Waals surface area contributed by atoms with E-state index in [2.05, 4.69) is 100 Å². The number of benzene rings is 9. The van der Waals surface area contributed by atoms with Crippen LogP contribution in [0.2, 0.25) is 0 Å². The Morgan fingerprint density at radius 2 is 0.914 bits per heavy atom. The molecule has 4 aliphatic rings. The highest BCUT2D eigenvalue weighted by Crippen LogP contribution is 2.50. The molecule has 5 nitrogen and oxygen atoms in total. The lowest BCUT2D eigenvalue weighted by molar-refractivity contribution is 0.459. The molecule has 0 saturated carbocycles. The van der Waals surface area contributed by atoms with Crippen molar-refractivity contribution in [3.63, 3.8) is 0 Å². The van der Waals surface area contributed by atoms with Crippen molar-refractivity contribution in [2.75, 3.05) is 0 Å². The minimum Gasteiger partial charge on any atom is -0.466 e. The van der Waals surface area contributed by atoms with Crippen molar-refractivity contribution in [3.05, 3.63) is 198 Å². The van der Waals surface area contributed by atoms with Crippen molar-refractivity contribution in [1.29, 1.82) is 0 Å². The van der Waals surface area contributed by atoms with Crippen LogP contribution in [0.15, 0.2) is 180 Å². The Bertz CT molecular complexity index is 4520. The fourth-order valence-electron chi connectivity index (χ4n) is 12.1. The lowest BCUT2D eigenvalue weighted by Gasteiger charge is -2.35. The molecule has 3 aromatic heterocycles. The van der Waals surface area contributed by atoms with E-state index < -0.39 is 32.2 Å². The fourth-order valence-corrected chi connectivity index (χ4v) is 12.1. The molecule has 0 atom stereocenters. The van der Waals surface area contributed by atoms with Crippen LogP contribution in [0.5, 0.6) is 23.0 Å². The average molecular weight is 909 g/mol. The van der Waals surface area contributed by atoms with Gasteiger partial charge in [0.15, 0.2) is 17.2 Å². The zero-order valence-electron chi connectivity index (χ0n) is 45.8. The largest absolute Gasteiger partial charge is 0.466 e. The molecule has 0 radical (unpaired) electrons. The monoisotopic (exact) mass is 908 g/mol. The number of aryl methyl sites for hydroxylation is 2. The van der Waals surface area contributed by atoms with Crippen molar-refractivity contribution in [1.82, 2.24) is 9.13 Å². The van der Waals surface area contributed by atoms with E-state index in [0.717, 1.165) is 65.9 Å². The molecule has 0 saturated heterocycles. The summed E-state index contributed by atoms with van der Waals surface area (Å²) in [5.41, 5.74) is 11.7. The summed E-state index contributed by atoms with van der Waals surface area (Å²) in [6, 6.07) is 58.2. The molecule has 2 aliphatic heterocycles. The Morgan fingerprint density at radius 1 is 0.414 bits per heavy atom. The predicted octanol–water partition coefficient (Wildman–Crippen LogP) is 14.4. The first-order valence-corrected chi connectivity index (χ1v) is 24.2. The van der Waals surface area contributed by atoms with Gasteiger partial charge in [0, 0.05) is 43.5 Å². The standard InChI is InChI=1S/C64H45BN2O3/c1-3-20-41-38(16-1)18-13-26-43(41)40-34-35-58-50(36-40)61-64(68-58)65-51-29-15-28-49(44-27-14-19-39-17-2-4-21-42(39)44)60(51)69-62-56(66-52-30-9-5-22-45(52)46-23-6-10-31-53(46)66)37-57(63(70-61)59(62)65)67-54-32-11-7-24-47(54)48-25-8-12-33-55(48)67/h5-15,18-19,22-37H,1-4,16-17,20-21H2/i16D2,17D2,20D2,21D2. The first-order valence-electron chi connectivity index (χ1n) is 28.2. The molecule has 0 bridgehead atoms. The van der Waals surface area contributed by atoms with Crippen molar-refractivity contribution < 1.29 is 24.9 Å². The molecule has 5 heterocycles. The van der Waals surface area contributed by atoms with Gasteiger partial charge < -0.3 is 23.0 Å². The molecule has 2 aliphatic carbocycles. The van der Waals surface area contributed by atoms with Gasteiger partial charge >= 0.3 is 6.71 Å². The maximum atomic E-state index is 9.45. The number of nitrogens with zero attached hydrogens (tertiary/aromatic N) is 2. The average Bonchev–Trinajstić information content (AvgIpc) is 4.25. The highest BCUT2D eigenvalue weighted by Gasteiger charge is 2.47. The van der Waals surface area contributed by atoms with Gasteiger partial charge in [0.2, 0.25) is 0 Å². The van der Waals surface area contributed by atoms with E-state index >= 15 is 0 Å². The molecule has 6 heteroatoms. The van der Waals surface area contributed by atoms with Crippen molar-refractivity contribution >= 4 is 77.9 Å². The number of para-hydroxylation sites is 5. The highest BCUT2D eigenvalue weighted by molar-refractivity contribution is 6.98. The molecule has 12 aromatic rings. The van der Waals surface area contributed by atoms with E-state index in [9.17, 15) is 5.48 Å². The zero-order chi connectivity index (χ0) is 52.8. The van der Waals surface area contributed by atoms with Crippen molar-refractivity contribution in [3.8, 4) is 56.6 Å². The van der Waals surface area contributed by atoms with Crippen LogP contribution in [0.3, 0.4) is 0 Å². The molecule has 0 fully saturated rings.